The number of hydrogen-bond donors (Lipinski definition) is 3. The maximum absolute atomic E-state index is 12.9. The second kappa shape index (κ2) is 13.9. The number of fused-ring (bicyclic) bond motifs is 9. The van der Waals surface area contributed by atoms with E-state index in [-0.39, 0.29) is 44.5 Å². The van der Waals surface area contributed by atoms with Crippen molar-refractivity contribution in [2.45, 2.75) is 78.6 Å². The molecule has 7 aromatic rings. The predicted molar refractivity (Wildman–Crippen MR) is 240 cm³/mol. The van der Waals surface area contributed by atoms with E-state index in [2.05, 4.69) is 114 Å². The Hall–Kier alpha value is -6.81. The van der Waals surface area contributed by atoms with Gasteiger partial charge in [0.05, 0.1) is 15.4 Å². The van der Waals surface area contributed by atoms with Gasteiger partial charge in [-0.05, 0) is 73.9 Å². The molecule has 5 heterocycles. The maximum atomic E-state index is 12.9. The van der Waals surface area contributed by atoms with Crippen molar-refractivity contribution in [1.29, 1.82) is 0 Å². The molecule has 3 aromatic carbocycles. The Morgan fingerprint density at radius 2 is 0.847 bits per heavy atom. The van der Waals surface area contributed by atoms with Crippen LogP contribution in [0, 0.1) is 20.2 Å². The van der Waals surface area contributed by atoms with Gasteiger partial charge in [0.2, 0.25) is 0 Å². The third-order valence-electron chi connectivity index (χ3n) is 11.3. The molecule has 298 valence electrons. The number of nitro groups is 2. The zero-order chi connectivity index (χ0) is 42.2. The van der Waals surface area contributed by atoms with Gasteiger partial charge in [0.1, 0.15) is 11.2 Å². The van der Waals surface area contributed by atoms with E-state index in [1.54, 1.807) is 0 Å². The van der Waals surface area contributed by atoms with Gasteiger partial charge < -0.3 is 15.0 Å². The van der Waals surface area contributed by atoms with Gasteiger partial charge in [0.15, 0.2) is 5.69 Å². The minimum absolute atomic E-state index is 0.0550. The van der Waals surface area contributed by atoms with Crippen molar-refractivity contribution < 1.29 is 9.85 Å². The molecule has 8 bridgehead atoms. The zero-order valence-corrected chi connectivity index (χ0v) is 34.9. The molecule has 0 spiro atoms. The molecule has 4 aromatic heterocycles. The number of aromatic nitrogens is 4. The molecule has 0 aliphatic carbocycles. The van der Waals surface area contributed by atoms with Crippen molar-refractivity contribution in [3.63, 3.8) is 0 Å². The second-order valence-electron chi connectivity index (χ2n) is 18.5. The lowest BCUT2D eigenvalue weighted by atomic mass is 9.86. The molecule has 1 aliphatic rings. The summed E-state index contributed by atoms with van der Waals surface area (Å²) in [6.45, 7) is 19.4. The van der Waals surface area contributed by atoms with E-state index in [1.807, 2.05) is 60.7 Å². The molecule has 1 aliphatic heterocycles. The van der Waals surface area contributed by atoms with Crippen LogP contribution in [0.1, 0.15) is 90.4 Å². The van der Waals surface area contributed by atoms with Crippen molar-refractivity contribution in [2.24, 2.45) is 0 Å². The summed E-state index contributed by atoms with van der Waals surface area (Å²) < 4.78 is 0. The summed E-state index contributed by atoms with van der Waals surface area (Å²) in [6.07, 6.45) is 1.33. The van der Waals surface area contributed by atoms with Gasteiger partial charge in [0, 0.05) is 50.9 Å². The molecule has 0 saturated heterocycles. The SMILES string of the molecule is CC(C)(C)c1ccc(-c2c3nc(c4[nH]c(cc4[N+](=O)[O-])c(-c4ccc(C(C)(C)C)cc4)c4ccc([nH]4)c(-c4ccc(C(C)(C)C)cc4)c4ccc2[nH]4)C=C3[N+](=O)[O-])cc1. The number of aromatic amines is 3. The number of hydrogen-bond acceptors (Lipinski definition) is 5. The quantitative estimate of drug-likeness (QED) is 0.117. The van der Waals surface area contributed by atoms with Gasteiger partial charge in [0.25, 0.3) is 11.4 Å². The molecule has 0 fully saturated rings. The third kappa shape index (κ3) is 7.20. The topological polar surface area (TPSA) is 147 Å². The van der Waals surface area contributed by atoms with Gasteiger partial charge in [-0.3, -0.25) is 20.2 Å². The van der Waals surface area contributed by atoms with Gasteiger partial charge in [-0.25, -0.2) is 4.98 Å². The molecule has 59 heavy (non-hydrogen) atoms. The first-order valence-corrected chi connectivity index (χ1v) is 19.8. The van der Waals surface area contributed by atoms with Crippen LogP contribution in [0.3, 0.4) is 0 Å². The van der Waals surface area contributed by atoms with Crippen molar-refractivity contribution in [2.75, 3.05) is 0 Å². The highest BCUT2D eigenvalue weighted by molar-refractivity contribution is 6.02. The molecular weight excluding hydrogens is 737 g/mol. The Kier molecular flexibility index (Phi) is 9.22. The minimum atomic E-state index is -0.473. The molecule has 8 rings (SSSR count). The summed E-state index contributed by atoms with van der Waals surface area (Å²) in [5, 5.41) is 25.8. The summed E-state index contributed by atoms with van der Waals surface area (Å²) in [4.78, 5) is 40.4. The Morgan fingerprint density at radius 3 is 1.22 bits per heavy atom. The molecule has 0 saturated carbocycles. The van der Waals surface area contributed by atoms with Gasteiger partial charge in [-0.1, -0.05) is 135 Å². The van der Waals surface area contributed by atoms with Crippen molar-refractivity contribution in [3.8, 4) is 33.4 Å². The van der Waals surface area contributed by atoms with Crippen LogP contribution in [0.15, 0.2) is 103 Å². The summed E-state index contributed by atoms with van der Waals surface area (Å²) in [5.74, 6) is 0. The Morgan fingerprint density at radius 1 is 0.475 bits per heavy atom. The average molecular weight is 785 g/mol. The lowest BCUT2D eigenvalue weighted by Gasteiger charge is -2.19. The predicted octanol–water partition coefficient (Wildman–Crippen LogP) is 13.1. The van der Waals surface area contributed by atoms with Crippen LogP contribution in [0.25, 0.3) is 78.3 Å². The monoisotopic (exact) mass is 784 g/mol. The zero-order valence-electron chi connectivity index (χ0n) is 34.9. The molecular formula is C49H48N6O4. The van der Waals surface area contributed by atoms with Crippen molar-refractivity contribution >= 4 is 50.6 Å². The summed E-state index contributed by atoms with van der Waals surface area (Å²) in [5.41, 5.74) is 10.9. The van der Waals surface area contributed by atoms with Crippen LogP contribution in [-0.4, -0.2) is 29.8 Å². The van der Waals surface area contributed by atoms with Crippen molar-refractivity contribution in [3.05, 3.63) is 151 Å². The molecule has 0 radical (unpaired) electrons. The van der Waals surface area contributed by atoms with Crippen LogP contribution in [0.5, 0.6) is 0 Å². The second-order valence-corrected chi connectivity index (χ2v) is 18.5. The van der Waals surface area contributed by atoms with E-state index in [4.69, 9.17) is 4.98 Å². The first-order valence-electron chi connectivity index (χ1n) is 19.8. The summed E-state index contributed by atoms with van der Waals surface area (Å²) in [7, 11) is 0. The van der Waals surface area contributed by atoms with E-state index >= 15 is 0 Å². The van der Waals surface area contributed by atoms with Gasteiger partial charge >= 0.3 is 0 Å². The Balaban J connectivity index is 1.57. The van der Waals surface area contributed by atoms with E-state index in [9.17, 15) is 20.2 Å². The highest BCUT2D eigenvalue weighted by Crippen LogP contribution is 2.41. The van der Waals surface area contributed by atoms with E-state index in [1.165, 1.54) is 17.7 Å². The molecule has 0 amide bonds. The summed E-state index contributed by atoms with van der Waals surface area (Å²) >= 11 is 0. The fraction of sp³-hybridized carbons (Fsp3) is 0.245. The fourth-order valence-corrected chi connectivity index (χ4v) is 7.89. The van der Waals surface area contributed by atoms with Crippen LogP contribution in [0.4, 0.5) is 5.69 Å². The smallest absolute Gasteiger partial charge is 0.297 e. The molecule has 10 heteroatoms. The fourth-order valence-electron chi connectivity index (χ4n) is 7.89. The lowest BCUT2D eigenvalue weighted by Crippen LogP contribution is -2.10. The van der Waals surface area contributed by atoms with Gasteiger partial charge in [-0.15, -0.1) is 0 Å². The average Bonchev–Trinajstić information content (AvgIpc) is 3.99. The van der Waals surface area contributed by atoms with Gasteiger partial charge in [-0.2, -0.15) is 0 Å². The minimum Gasteiger partial charge on any atom is -0.354 e. The largest absolute Gasteiger partial charge is 0.354 e. The highest BCUT2D eigenvalue weighted by Gasteiger charge is 2.30. The number of rotatable bonds is 5. The summed E-state index contributed by atoms with van der Waals surface area (Å²) in [6, 6.07) is 34.1. The van der Waals surface area contributed by atoms with E-state index in [0.717, 1.165) is 44.4 Å². The molecule has 0 atom stereocenters. The highest BCUT2D eigenvalue weighted by atomic mass is 16.6. The van der Waals surface area contributed by atoms with Crippen LogP contribution >= 0.6 is 0 Å². The molecule has 0 unspecified atom stereocenters. The standard InChI is InChI=1S/C49H48N6O4/c1-47(2,3)31-16-10-28(11-17-31)42-34-22-23-36(50-34)43(29-12-18-32(19-13-29)48(4,5)6)38-26-40(54(56)57)45(52-38)39-27-41(55(58)59)46(53-39)44(37-25-24-35(42)51-37)30-14-20-33(21-15-30)49(7,8)9/h10-27,50-52H,1-9H3. The number of nitrogens with one attached hydrogen (secondary N) is 3. The number of H-pyrrole nitrogens is 3. The number of benzene rings is 3. The molecule has 3 N–H and O–H groups in total. The van der Waals surface area contributed by atoms with Crippen LogP contribution < -0.4 is 0 Å². The van der Waals surface area contributed by atoms with Crippen LogP contribution in [-0.2, 0) is 16.2 Å². The molecule has 10 nitrogen and oxygen atoms in total. The van der Waals surface area contributed by atoms with Crippen LogP contribution in [0.2, 0.25) is 0 Å². The lowest BCUT2D eigenvalue weighted by molar-refractivity contribution is -0.382. The maximum Gasteiger partial charge on any atom is 0.297 e. The van der Waals surface area contributed by atoms with E-state index < -0.39 is 9.85 Å². The first-order chi connectivity index (χ1) is 27.8. The normalized spacial score (nSPS) is 12.9. The van der Waals surface area contributed by atoms with Crippen molar-refractivity contribution in [1.82, 2.24) is 19.9 Å². The first kappa shape index (κ1) is 39.0. The Bertz CT molecular complexity index is 2960. The van der Waals surface area contributed by atoms with E-state index in [0.29, 0.717) is 27.7 Å². The number of nitrogens with zero attached hydrogens (tertiary/aromatic N) is 3. The third-order valence-corrected chi connectivity index (χ3v) is 11.3. The Labute approximate surface area is 342 Å².